The second-order valence-electron chi connectivity index (χ2n) is 6.58. The van der Waals surface area contributed by atoms with Gasteiger partial charge in [-0.25, -0.2) is 0 Å². The summed E-state index contributed by atoms with van der Waals surface area (Å²) in [6, 6.07) is 16.4. The van der Waals surface area contributed by atoms with Crippen LogP contribution in [-0.2, 0) is 6.61 Å². The van der Waals surface area contributed by atoms with Gasteiger partial charge in [0, 0.05) is 25.6 Å². The number of ether oxygens (including phenoxy) is 2. The lowest BCUT2D eigenvalue weighted by atomic mass is 10.1. The largest absolute Gasteiger partial charge is 0.488 e. The van der Waals surface area contributed by atoms with Crippen LogP contribution in [0.2, 0.25) is 10.0 Å². The number of carbonyl (C=O) groups excluding carboxylic acids is 1. The number of carbonyl (C=O) groups is 1. The highest BCUT2D eigenvalue weighted by Gasteiger charge is 2.30. The van der Waals surface area contributed by atoms with Gasteiger partial charge >= 0.3 is 0 Å². The summed E-state index contributed by atoms with van der Waals surface area (Å²) < 4.78 is 12.8. The van der Waals surface area contributed by atoms with Gasteiger partial charge in [-0.05, 0) is 55.0 Å². The molecule has 0 saturated carbocycles. The lowest BCUT2D eigenvalue weighted by Gasteiger charge is -2.12. The molecule has 0 atom stereocenters. The van der Waals surface area contributed by atoms with Crippen molar-refractivity contribution in [3.05, 3.63) is 97.1 Å². The van der Waals surface area contributed by atoms with Gasteiger partial charge in [0.15, 0.2) is 5.76 Å². The summed E-state index contributed by atoms with van der Waals surface area (Å²) >= 11 is 15.6. The standard InChI is InChI=1S/C23H15BrCl2O3/c1-13-20(28-12-15-5-6-17(25)11-19(15)26)8-7-18-22(27)21(29-23(13)18)10-14-3-2-4-16(24)9-14/h2-11H,12H2,1H3/b21-10-. The van der Waals surface area contributed by atoms with Gasteiger partial charge < -0.3 is 9.47 Å². The van der Waals surface area contributed by atoms with Crippen LogP contribution < -0.4 is 9.47 Å². The van der Waals surface area contributed by atoms with Crippen molar-refractivity contribution in [3.8, 4) is 11.5 Å². The highest BCUT2D eigenvalue weighted by molar-refractivity contribution is 9.10. The van der Waals surface area contributed by atoms with Gasteiger partial charge in [-0.2, -0.15) is 0 Å². The third-order valence-corrected chi connectivity index (χ3v) is 5.66. The van der Waals surface area contributed by atoms with Crippen molar-refractivity contribution in [1.82, 2.24) is 0 Å². The van der Waals surface area contributed by atoms with Crippen LogP contribution in [0.3, 0.4) is 0 Å². The maximum atomic E-state index is 12.7. The Kier molecular flexibility index (Phi) is 5.68. The van der Waals surface area contributed by atoms with Crippen molar-refractivity contribution < 1.29 is 14.3 Å². The number of hydrogen-bond acceptors (Lipinski definition) is 3. The Morgan fingerprint density at radius 2 is 1.93 bits per heavy atom. The van der Waals surface area contributed by atoms with Gasteiger partial charge in [0.1, 0.15) is 18.1 Å². The number of rotatable bonds is 4. The maximum Gasteiger partial charge on any atom is 0.231 e. The van der Waals surface area contributed by atoms with Gasteiger partial charge in [0.05, 0.1) is 5.56 Å². The molecule has 0 N–H and O–H groups in total. The fraction of sp³-hybridized carbons (Fsp3) is 0.0870. The van der Waals surface area contributed by atoms with E-state index in [1.165, 1.54) is 0 Å². The van der Waals surface area contributed by atoms with E-state index in [0.717, 1.165) is 21.2 Å². The lowest BCUT2D eigenvalue weighted by molar-refractivity contribution is 0.101. The van der Waals surface area contributed by atoms with Gasteiger partial charge in [0.2, 0.25) is 5.78 Å². The predicted octanol–water partition coefficient (Wildman–Crippen LogP) is 7.26. The van der Waals surface area contributed by atoms with Crippen molar-refractivity contribution in [3.63, 3.8) is 0 Å². The Morgan fingerprint density at radius 1 is 1.10 bits per heavy atom. The predicted molar refractivity (Wildman–Crippen MR) is 119 cm³/mol. The van der Waals surface area contributed by atoms with E-state index in [9.17, 15) is 4.79 Å². The second kappa shape index (κ2) is 8.23. The molecule has 1 aliphatic heterocycles. The minimum atomic E-state index is -0.143. The van der Waals surface area contributed by atoms with Gasteiger partial charge in [-0.3, -0.25) is 4.79 Å². The first-order valence-corrected chi connectivity index (χ1v) is 10.4. The molecule has 146 valence electrons. The molecule has 1 heterocycles. The molecule has 4 rings (SSSR count). The highest BCUT2D eigenvalue weighted by Crippen LogP contribution is 2.39. The zero-order valence-electron chi connectivity index (χ0n) is 15.3. The van der Waals surface area contributed by atoms with Crippen molar-refractivity contribution in [1.29, 1.82) is 0 Å². The first-order valence-electron chi connectivity index (χ1n) is 8.82. The van der Waals surface area contributed by atoms with E-state index in [4.69, 9.17) is 32.7 Å². The maximum absolute atomic E-state index is 12.7. The number of allylic oxidation sites excluding steroid dienone is 1. The smallest absolute Gasteiger partial charge is 0.231 e. The molecule has 0 fully saturated rings. The number of benzene rings is 3. The molecule has 0 radical (unpaired) electrons. The molecule has 1 aliphatic rings. The summed E-state index contributed by atoms with van der Waals surface area (Å²) in [5.41, 5.74) is 2.99. The van der Waals surface area contributed by atoms with Crippen LogP contribution in [0.4, 0.5) is 0 Å². The van der Waals surface area contributed by atoms with Crippen LogP contribution in [0, 0.1) is 6.92 Å². The minimum Gasteiger partial charge on any atom is -0.488 e. The average molecular weight is 490 g/mol. The number of Topliss-reactive ketones (excluding diaryl/α,β-unsaturated/α-hetero) is 1. The molecular weight excluding hydrogens is 475 g/mol. The quantitative estimate of drug-likeness (QED) is 0.362. The molecule has 0 spiro atoms. The van der Waals surface area contributed by atoms with Crippen LogP contribution in [0.25, 0.3) is 6.08 Å². The zero-order chi connectivity index (χ0) is 20.5. The van der Waals surface area contributed by atoms with Crippen molar-refractivity contribution in [2.75, 3.05) is 0 Å². The Morgan fingerprint density at radius 3 is 2.69 bits per heavy atom. The van der Waals surface area contributed by atoms with E-state index in [1.807, 2.05) is 37.3 Å². The first kappa shape index (κ1) is 20.0. The molecule has 3 aromatic carbocycles. The molecule has 0 aliphatic carbocycles. The summed E-state index contributed by atoms with van der Waals surface area (Å²) in [4.78, 5) is 12.7. The van der Waals surface area contributed by atoms with E-state index in [2.05, 4.69) is 15.9 Å². The summed E-state index contributed by atoms with van der Waals surface area (Å²) in [5.74, 6) is 1.30. The Bertz CT molecular complexity index is 1150. The second-order valence-corrected chi connectivity index (χ2v) is 8.34. The average Bonchev–Trinajstić information content (AvgIpc) is 2.99. The van der Waals surface area contributed by atoms with E-state index < -0.39 is 0 Å². The molecule has 3 nitrogen and oxygen atoms in total. The van der Waals surface area contributed by atoms with E-state index in [1.54, 1.807) is 30.3 Å². The van der Waals surface area contributed by atoms with Crippen molar-refractivity contribution >= 4 is 51.0 Å². The molecule has 0 aromatic heterocycles. The van der Waals surface area contributed by atoms with Gasteiger partial charge in [-0.1, -0.05) is 57.3 Å². The summed E-state index contributed by atoms with van der Waals surface area (Å²) in [6.45, 7) is 2.15. The zero-order valence-corrected chi connectivity index (χ0v) is 18.4. The Hall–Kier alpha value is -2.27. The molecule has 0 saturated heterocycles. The Labute approximate surface area is 187 Å². The molecule has 3 aromatic rings. The highest BCUT2D eigenvalue weighted by atomic mass is 79.9. The monoisotopic (exact) mass is 488 g/mol. The Balaban J connectivity index is 1.58. The normalized spacial score (nSPS) is 14.1. The molecule has 0 bridgehead atoms. The number of halogens is 3. The van der Waals surface area contributed by atoms with Crippen LogP contribution in [0.5, 0.6) is 11.5 Å². The number of ketones is 1. The summed E-state index contributed by atoms with van der Waals surface area (Å²) in [6.07, 6.45) is 1.74. The van der Waals surface area contributed by atoms with Crippen LogP contribution in [-0.4, -0.2) is 5.78 Å². The topological polar surface area (TPSA) is 35.5 Å². The summed E-state index contributed by atoms with van der Waals surface area (Å²) in [7, 11) is 0. The molecular formula is C23H15BrCl2O3. The van der Waals surface area contributed by atoms with Gasteiger partial charge in [0.25, 0.3) is 0 Å². The molecule has 29 heavy (non-hydrogen) atoms. The summed E-state index contributed by atoms with van der Waals surface area (Å²) in [5, 5.41) is 1.12. The van der Waals surface area contributed by atoms with Gasteiger partial charge in [-0.15, -0.1) is 0 Å². The minimum absolute atomic E-state index is 0.143. The van der Waals surface area contributed by atoms with Crippen LogP contribution in [0.1, 0.15) is 27.0 Å². The van der Waals surface area contributed by atoms with Crippen LogP contribution >= 0.6 is 39.1 Å². The van der Waals surface area contributed by atoms with E-state index in [-0.39, 0.29) is 12.4 Å². The van der Waals surface area contributed by atoms with Crippen LogP contribution in [0.15, 0.2) is 64.8 Å². The van der Waals surface area contributed by atoms with E-state index >= 15 is 0 Å². The fourth-order valence-corrected chi connectivity index (χ4v) is 3.95. The third kappa shape index (κ3) is 4.20. The molecule has 0 amide bonds. The SMILES string of the molecule is Cc1c(OCc2ccc(Cl)cc2Cl)ccc2c1O/C(=C\c1cccc(Br)c1)C2=O. The first-order chi connectivity index (χ1) is 13.9. The lowest BCUT2D eigenvalue weighted by Crippen LogP contribution is -1.99. The van der Waals surface area contributed by atoms with E-state index in [0.29, 0.717) is 32.9 Å². The third-order valence-electron chi connectivity index (χ3n) is 4.58. The fourth-order valence-electron chi connectivity index (χ4n) is 3.07. The molecule has 6 heteroatoms. The molecule has 0 unspecified atom stereocenters. The van der Waals surface area contributed by atoms with Crippen molar-refractivity contribution in [2.24, 2.45) is 0 Å². The number of hydrogen-bond donors (Lipinski definition) is 0. The van der Waals surface area contributed by atoms with Crippen molar-refractivity contribution in [2.45, 2.75) is 13.5 Å². The number of fused-ring (bicyclic) bond motifs is 1.